The van der Waals surface area contributed by atoms with Gasteiger partial charge in [0.1, 0.15) is 0 Å². The molecule has 22 heavy (non-hydrogen) atoms. The van der Waals surface area contributed by atoms with Crippen molar-refractivity contribution in [2.24, 2.45) is 0 Å². The normalized spacial score (nSPS) is 28.0. The topological polar surface area (TPSA) is 56.6 Å². The zero-order chi connectivity index (χ0) is 15.1. The standard InChI is InChI=1S/C16H23N3O3/c1-2-5-19-15(11-3-4-11)14(6-17-19)16(20)18-7-12-9-21-10-13(8-18)22-12/h6,11-13H,2-5,7-10H2,1H3. The van der Waals surface area contributed by atoms with E-state index in [0.717, 1.165) is 24.2 Å². The molecular formula is C16H23N3O3. The number of fused-ring (bicyclic) bond motifs is 2. The Hall–Kier alpha value is -1.40. The van der Waals surface area contributed by atoms with Crippen molar-refractivity contribution in [3.63, 3.8) is 0 Å². The Kier molecular flexibility index (Phi) is 3.66. The first-order valence-corrected chi connectivity index (χ1v) is 8.34. The molecule has 1 amide bonds. The van der Waals surface area contributed by atoms with Crippen LogP contribution in [0.4, 0.5) is 0 Å². The SMILES string of the molecule is CCCn1ncc(C(=O)N2CC3COCC(C2)O3)c1C1CC1. The van der Waals surface area contributed by atoms with Crippen molar-refractivity contribution in [3.8, 4) is 0 Å². The van der Waals surface area contributed by atoms with Gasteiger partial charge >= 0.3 is 0 Å². The van der Waals surface area contributed by atoms with Crippen molar-refractivity contribution in [1.29, 1.82) is 0 Å². The van der Waals surface area contributed by atoms with Gasteiger partial charge in [0.25, 0.3) is 5.91 Å². The summed E-state index contributed by atoms with van der Waals surface area (Å²) in [6, 6.07) is 0. The lowest BCUT2D eigenvalue weighted by Gasteiger charge is -2.41. The third kappa shape index (κ3) is 2.54. The molecule has 0 N–H and O–H groups in total. The maximum atomic E-state index is 13.0. The van der Waals surface area contributed by atoms with Gasteiger partial charge in [-0.3, -0.25) is 9.48 Å². The largest absolute Gasteiger partial charge is 0.376 e. The third-order valence-electron chi connectivity index (χ3n) is 4.64. The van der Waals surface area contributed by atoms with Gasteiger partial charge in [-0.1, -0.05) is 6.92 Å². The molecule has 0 spiro atoms. The molecule has 3 fully saturated rings. The van der Waals surface area contributed by atoms with Crippen molar-refractivity contribution in [1.82, 2.24) is 14.7 Å². The predicted molar refractivity (Wildman–Crippen MR) is 79.9 cm³/mol. The molecule has 1 aromatic heterocycles. The fourth-order valence-corrected chi connectivity index (χ4v) is 3.51. The molecule has 0 radical (unpaired) electrons. The highest BCUT2D eigenvalue weighted by Gasteiger charge is 2.38. The number of carbonyl (C=O) groups is 1. The molecule has 6 nitrogen and oxygen atoms in total. The molecule has 2 unspecified atom stereocenters. The molecule has 4 rings (SSSR count). The minimum absolute atomic E-state index is 0.0199. The van der Waals surface area contributed by atoms with E-state index in [-0.39, 0.29) is 18.1 Å². The molecule has 1 saturated carbocycles. The molecule has 2 bridgehead atoms. The second-order valence-electron chi connectivity index (χ2n) is 6.57. The fourth-order valence-electron chi connectivity index (χ4n) is 3.51. The molecule has 120 valence electrons. The van der Waals surface area contributed by atoms with Gasteiger partial charge in [0.2, 0.25) is 0 Å². The van der Waals surface area contributed by atoms with Crippen LogP contribution in [0.2, 0.25) is 0 Å². The number of rotatable bonds is 4. The van der Waals surface area contributed by atoms with Crippen molar-refractivity contribution >= 4 is 5.91 Å². The predicted octanol–water partition coefficient (Wildman–Crippen LogP) is 1.41. The van der Waals surface area contributed by atoms with Crippen molar-refractivity contribution in [2.45, 2.75) is 50.9 Å². The van der Waals surface area contributed by atoms with E-state index in [0.29, 0.717) is 32.2 Å². The van der Waals surface area contributed by atoms with Crippen LogP contribution >= 0.6 is 0 Å². The lowest BCUT2D eigenvalue weighted by atomic mass is 10.1. The number of carbonyl (C=O) groups excluding carboxylic acids is 1. The lowest BCUT2D eigenvalue weighted by Crippen LogP contribution is -2.55. The first-order valence-electron chi connectivity index (χ1n) is 8.34. The smallest absolute Gasteiger partial charge is 0.257 e. The Labute approximate surface area is 130 Å². The van der Waals surface area contributed by atoms with Gasteiger partial charge < -0.3 is 14.4 Å². The van der Waals surface area contributed by atoms with Crippen LogP contribution < -0.4 is 0 Å². The van der Waals surface area contributed by atoms with Crippen LogP contribution in [0, 0.1) is 0 Å². The Morgan fingerprint density at radius 2 is 2.05 bits per heavy atom. The van der Waals surface area contributed by atoms with E-state index in [1.807, 2.05) is 9.58 Å². The molecule has 2 atom stereocenters. The zero-order valence-electron chi connectivity index (χ0n) is 13.0. The average Bonchev–Trinajstić information content (AvgIpc) is 3.27. The van der Waals surface area contributed by atoms with Crippen molar-refractivity contribution in [3.05, 3.63) is 17.5 Å². The second kappa shape index (κ2) is 5.66. The highest BCUT2D eigenvalue weighted by molar-refractivity contribution is 5.95. The maximum Gasteiger partial charge on any atom is 0.257 e. The average molecular weight is 305 g/mol. The molecular weight excluding hydrogens is 282 g/mol. The van der Waals surface area contributed by atoms with Crippen molar-refractivity contribution < 1.29 is 14.3 Å². The molecule has 2 saturated heterocycles. The van der Waals surface area contributed by atoms with Crippen LogP contribution in [-0.4, -0.2) is 59.1 Å². The van der Waals surface area contributed by atoms with E-state index in [9.17, 15) is 4.79 Å². The van der Waals surface area contributed by atoms with Crippen LogP contribution in [-0.2, 0) is 16.0 Å². The lowest BCUT2D eigenvalue weighted by molar-refractivity contribution is -0.172. The van der Waals surface area contributed by atoms with Gasteiger partial charge in [0.05, 0.1) is 42.9 Å². The zero-order valence-corrected chi connectivity index (χ0v) is 13.0. The number of amides is 1. The van der Waals surface area contributed by atoms with Gasteiger partial charge in [-0.05, 0) is 19.3 Å². The van der Waals surface area contributed by atoms with Crippen LogP contribution in [0.3, 0.4) is 0 Å². The van der Waals surface area contributed by atoms with E-state index < -0.39 is 0 Å². The maximum absolute atomic E-state index is 13.0. The summed E-state index contributed by atoms with van der Waals surface area (Å²) in [4.78, 5) is 14.9. The van der Waals surface area contributed by atoms with Crippen LogP contribution in [0.15, 0.2) is 6.20 Å². The second-order valence-corrected chi connectivity index (χ2v) is 6.57. The fraction of sp³-hybridized carbons (Fsp3) is 0.750. The van der Waals surface area contributed by atoms with Gasteiger partial charge in [0, 0.05) is 25.6 Å². The molecule has 1 aromatic rings. The van der Waals surface area contributed by atoms with E-state index in [4.69, 9.17) is 9.47 Å². The summed E-state index contributed by atoms with van der Waals surface area (Å²) in [5.74, 6) is 0.640. The number of ether oxygens (including phenoxy) is 2. The summed E-state index contributed by atoms with van der Waals surface area (Å²) in [5, 5.41) is 4.47. The first kappa shape index (κ1) is 14.2. The first-order chi connectivity index (χ1) is 10.8. The summed E-state index contributed by atoms with van der Waals surface area (Å²) in [7, 11) is 0. The van der Waals surface area contributed by atoms with E-state index in [2.05, 4.69) is 12.0 Å². The van der Waals surface area contributed by atoms with Crippen LogP contribution in [0.5, 0.6) is 0 Å². The highest BCUT2D eigenvalue weighted by atomic mass is 16.6. The van der Waals surface area contributed by atoms with Crippen LogP contribution in [0.25, 0.3) is 0 Å². The van der Waals surface area contributed by atoms with Gasteiger partial charge in [0.15, 0.2) is 0 Å². The summed E-state index contributed by atoms with van der Waals surface area (Å²) < 4.78 is 13.4. The number of hydrogen-bond acceptors (Lipinski definition) is 4. The summed E-state index contributed by atoms with van der Waals surface area (Å²) in [5.41, 5.74) is 1.96. The minimum Gasteiger partial charge on any atom is -0.376 e. The van der Waals surface area contributed by atoms with E-state index >= 15 is 0 Å². The Morgan fingerprint density at radius 3 is 2.68 bits per heavy atom. The summed E-state index contributed by atoms with van der Waals surface area (Å²) in [6.07, 6.45) is 5.20. The van der Waals surface area contributed by atoms with Gasteiger partial charge in [-0.25, -0.2) is 0 Å². The molecule has 2 aliphatic heterocycles. The number of aromatic nitrogens is 2. The number of aryl methyl sites for hydroxylation is 1. The monoisotopic (exact) mass is 305 g/mol. The number of nitrogens with zero attached hydrogens (tertiary/aromatic N) is 3. The van der Waals surface area contributed by atoms with Gasteiger partial charge in [-0.2, -0.15) is 5.10 Å². The van der Waals surface area contributed by atoms with Crippen LogP contribution in [0.1, 0.15) is 48.2 Å². The molecule has 1 aliphatic carbocycles. The van der Waals surface area contributed by atoms with E-state index in [1.54, 1.807) is 6.20 Å². The van der Waals surface area contributed by atoms with Gasteiger partial charge in [-0.15, -0.1) is 0 Å². The molecule has 3 heterocycles. The number of morpholine rings is 1. The minimum atomic E-state index is 0.0199. The molecule has 6 heteroatoms. The number of hydrogen-bond donors (Lipinski definition) is 0. The summed E-state index contributed by atoms with van der Waals surface area (Å²) >= 11 is 0. The Balaban J connectivity index is 1.57. The third-order valence-corrected chi connectivity index (χ3v) is 4.64. The van der Waals surface area contributed by atoms with Crippen molar-refractivity contribution in [2.75, 3.05) is 26.3 Å². The molecule has 3 aliphatic rings. The quantitative estimate of drug-likeness (QED) is 0.844. The van der Waals surface area contributed by atoms with E-state index in [1.165, 1.54) is 12.8 Å². The highest BCUT2D eigenvalue weighted by Crippen LogP contribution is 2.42. The Morgan fingerprint density at radius 1 is 1.32 bits per heavy atom. The Bertz CT molecular complexity index is 555. The summed E-state index contributed by atoms with van der Waals surface area (Å²) in [6.45, 7) is 5.46. The molecule has 0 aromatic carbocycles.